The van der Waals surface area contributed by atoms with Crippen molar-refractivity contribution in [3.63, 3.8) is 0 Å². The number of nitrogens with one attached hydrogen (secondary N) is 3. The summed E-state index contributed by atoms with van der Waals surface area (Å²) < 4.78 is 0. The molecule has 0 atom stereocenters. The highest BCUT2D eigenvalue weighted by molar-refractivity contribution is 6.34. The minimum Gasteiger partial charge on any atom is -0.379 e. The number of fused-ring (bicyclic) bond motifs is 1. The number of aryl methyl sites for hydroxylation is 1. The summed E-state index contributed by atoms with van der Waals surface area (Å²) in [5, 5.41) is 6.87. The molecule has 1 aliphatic rings. The lowest BCUT2D eigenvalue weighted by Gasteiger charge is -2.32. The van der Waals surface area contributed by atoms with E-state index >= 15 is 0 Å². The number of likely N-dealkylation sites (tertiary alicyclic amines) is 1. The number of amides is 1. The zero-order valence-corrected chi connectivity index (χ0v) is 18.8. The number of anilines is 1. The largest absolute Gasteiger partial charge is 0.379 e. The van der Waals surface area contributed by atoms with Crippen LogP contribution < -0.4 is 10.6 Å². The summed E-state index contributed by atoms with van der Waals surface area (Å²) in [6.07, 6.45) is 5.04. The van der Waals surface area contributed by atoms with Crippen LogP contribution in [-0.2, 0) is 11.2 Å². The highest BCUT2D eigenvalue weighted by atomic mass is 35.5. The van der Waals surface area contributed by atoms with Gasteiger partial charge in [-0.3, -0.25) is 4.79 Å². The van der Waals surface area contributed by atoms with Crippen molar-refractivity contribution in [2.24, 2.45) is 0 Å². The summed E-state index contributed by atoms with van der Waals surface area (Å²) in [5.41, 5.74) is 4.43. The molecule has 7 nitrogen and oxygen atoms in total. The number of hydrogen-bond acceptors (Lipinski definition) is 5. The van der Waals surface area contributed by atoms with Gasteiger partial charge in [-0.25, -0.2) is 9.97 Å². The lowest BCUT2D eigenvalue weighted by Crippen LogP contribution is -2.38. The van der Waals surface area contributed by atoms with Crippen LogP contribution in [0.25, 0.3) is 22.6 Å². The molecule has 1 fully saturated rings. The quantitative estimate of drug-likeness (QED) is 0.519. The number of aromatic amines is 1. The molecule has 3 heterocycles. The molecule has 31 heavy (non-hydrogen) atoms. The molecule has 1 saturated heterocycles. The van der Waals surface area contributed by atoms with E-state index in [1.54, 1.807) is 13.2 Å². The van der Waals surface area contributed by atoms with Crippen LogP contribution in [0.1, 0.15) is 31.7 Å². The van der Waals surface area contributed by atoms with E-state index in [1.807, 2.05) is 24.3 Å². The van der Waals surface area contributed by atoms with Crippen LogP contribution in [0.3, 0.4) is 0 Å². The van der Waals surface area contributed by atoms with E-state index in [-0.39, 0.29) is 5.91 Å². The summed E-state index contributed by atoms with van der Waals surface area (Å²) in [4.78, 5) is 26.5. The van der Waals surface area contributed by atoms with Gasteiger partial charge in [0.25, 0.3) is 0 Å². The van der Waals surface area contributed by atoms with Crippen molar-refractivity contribution in [3.8, 4) is 11.4 Å². The van der Waals surface area contributed by atoms with Crippen LogP contribution in [0, 0.1) is 0 Å². The smallest absolute Gasteiger partial charge is 0.220 e. The molecular weight excluding hydrogens is 412 g/mol. The first-order valence-corrected chi connectivity index (χ1v) is 11.3. The van der Waals surface area contributed by atoms with Crippen molar-refractivity contribution in [2.45, 2.75) is 38.6 Å². The Kier molecular flexibility index (Phi) is 6.73. The van der Waals surface area contributed by atoms with E-state index in [0.717, 1.165) is 66.3 Å². The molecule has 164 valence electrons. The third-order valence-electron chi connectivity index (χ3n) is 6.00. The summed E-state index contributed by atoms with van der Waals surface area (Å²) in [6, 6.07) is 8.49. The predicted octanol–water partition coefficient (Wildman–Crippen LogP) is 3.85. The Morgan fingerprint density at radius 3 is 2.68 bits per heavy atom. The zero-order chi connectivity index (χ0) is 21.8. The first kappa shape index (κ1) is 21.6. The molecule has 1 amide bonds. The SMILES string of the molecule is CCN1CCC(Nc2c(Cl)cnc3[nH]c(-c4ccc(CCC(=O)NC)cc4)nc23)CC1. The average molecular weight is 441 g/mol. The van der Waals surface area contributed by atoms with Crippen molar-refractivity contribution in [1.29, 1.82) is 0 Å². The minimum atomic E-state index is 0.0460. The minimum absolute atomic E-state index is 0.0460. The van der Waals surface area contributed by atoms with Crippen molar-refractivity contribution < 1.29 is 4.79 Å². The fraction of sp³-hybridized carbons (Fsp3) is 0.435. The number of carbonyl (C=O) groups excluding carboxylic acids is 1. The average Bonchev–Trinajstić information content (AvgIpc) is 3.25. The summed E-state index contributed by atoms with van der Waals surface area (Å²) in [5.74, 6) is 0.802. The molecular formula is C23H29ClN6O. The molecule has 0 radical (unpaired) electrons. The number of H-pyrrole nitrogens is 1. The number of pyridine rings is 1. The van der Waals surface area contributed by atoms with Crippen LogP contribution in [0.4, 0.5) is 5.69 Å². The Balaban J connectivity index is 1.53. The Morgan fingerprint density at radius 1 is 1.26 bits per heavy atom. The monoisotopic (exact) mass is 440 g/mol. The molecule has 3 aromatic rings. The van der Waals surface area contributed by atoms with Gasteiger partial charge in [-0.2, -0.15) is 0 Å². The van der Waals surface area contributed by atoms with Crippen LogP contribution in [0.5, 0.6) is 0 Å². The Bertz CT molecular complexity index is 1040. The molecule has 1 aromatic carbocycles. The Labute approximate surface area is 187 Å². The van der Waals surface area contributed by atoms with Gasteiger partial charge in [-0.1, -0.05) is 42.8 Å². The van der Waals surface area contributed by atoms with E-state index in [1.165, 1.54) is 0 Å². The van der Waals surface area contributed by atoms with Crippen molar-refractivity contribution in [2.75, 3.05) is 32.0 Å². The summed E-state index contributed by atoms with van der Waals surface area (Å²) >= 11 is 6.50. The zero-order valence-electron chi connectivity index (χ0n) is 18.0. The molecule has 0 unspecified atom stereocenters. The maximum atomic E-state index is 11.5. The van der Waals surface area contributed by atoms with Crippen LogP contribution in [-0.4, -0.2) is 58.5 Å². The van der Waals surface area contributed by atoms with Gasteiger partial charge in [0.15, 0.2) is 5.65 Å². The van der Waals surface area contributed by atoms with Crippen molar-refractivity contribution in [3.05, 3.63) is 41.0 Å². The fourth-order valence-electron chi connectivity index (χ4n) is 4.01. The molecule has 0 spiro atoms. The highest BCUT2D eigenvalue weighted by Gasteiger charge is 2.21. The molecule has 1 aliphatic heterocycles. The van der Waals surface area contributed by atoms with Crippen LogP contribution in [0.15, 0.2) is 30.5 Å². The number of nitrogens with zero attached hydrogens (tertiary/aromatic N) is 3. The summed E-state index contributed by atoms with van der Waals surface area (Å²) in [6.45, 7) is 5.49. The maximum absolute atomic E-state index is 11.5. The van der Waals surface area contributed by atoms with Crippen molar-refractivity contribution in [1.82, 2.24) is 25.2 Å². The maximum Gasteiger partial charge on any atom is 0.220 e. The second-order valence-corrected chi connectivity index (χ2v) is 8.39. The number of carbonyl (C=O) groups is 1. The number of hydrogen-bond donors (Lipinski definition) is 3. The molecule has 3 N–H and O–H groups in total. The fourth-order valence-corrected chi connectivity index (χ4v) is 4.21. The van der Waals surface area contributed by atoms with Gasteiger partial charge in [0.2, 0.25) is 5.91 Å². The van der Waals surface area contributed by atoms with Gasteiger partial charge in [0.1, 0.15) is 11.3 Å². The molecule has 8 heteroatoms. The van der Waals surface area contributed by atoms with Gasteiger partial charge in [-0.15, -0.1) is 0 Å². The number of benzene rings is 1. The third-order valence-corrected chi connectivity index (χ3v) is 6.28. The number of piperidine rings is 1. The first-order chi connectivity index (χ1) is 15.1. The Hall–Kier alpha value is -2.64. The van der Waals surface area contributed by atoms with E-state index in [0.29, 0.717) is 23.9 Å². The van der Waals surface area contributed by atoms with E-state index < -0.39 is 0 Å². The normalized spacial score (nSPS) is 15.3. The second-order valence-electron chi connectivity index (χ2n) is 7.99. The van der Waals surface area contributed by atoms with Gasteiger partial charge in [0.05, 0.1) is 16.9 Å². The van der Waals surface area contributed by atoms with E-state index in [2.05, 4.69) is 32.4 Å². The van der Waals surface area contributed by atoms with Gasteiger partial charge >= 0.3 is 0 Å². The molecule has 2 aromatic heterocycles. The van der Waals surface area contributed by atoms with Crippen LogP contribution in [0.2, 0.25) is 5.02 Å². The highest BCUT2D eigenvalue weighted by Crippen LogP contribution is 2.32. The van der Waals surface area contributed by atoms with Crippen LogP contribution >= 0.6 is 11.6 Å². The number of aromatic nitrogens is 3. The molecule has 0 bridgehead atoms. The van der Waals surface area contributed by atoms with E-state index in [9.17, 15) is 4.79 Å². The standard InChI is InChI=1S/C23H29ClN6O/c1-3-30-12-10-17(11-13-30)27-20-18(24)14-26-23-21(20)28-22(29-23)16-7-4-15(5-8-16)6-9-19(31)25-2/h4-5,7-8,14,17H,3,6,9-13H2,1-2H3,(H,25,31)(H2,26,27,28,29). The lowest BCUT2D eigenvalue weighted by molar-refractivity contribution is -0.120. The summed E-state index contributed by atoms with van der Waals surface area (Å²) in [7, 11) is 1.66. The third kappa shape index (κ3) is 4.99. The molecule has 0 saturated carbocycles. The van der Waals surface area contributed by atoms with Gasteiger partial charge < -0.3 is 20.5 Å². The molecule has 0 aliphatic carbocycles. The predicted molar refractivity (Wildman–Crippen MR) is 125 cm³/mol. The topological polar surface area (TPSA) is 85.9 Å². The Morgan fingerprint density at radius 2 is 2.00 bits per heavy atom. The van der Waals surface area contributed by atoms with Gasteiger partial charge in [-0.05, 0) is 31.4 Å². The number of rotatable bonds is 7. The first-order valence-electron chi connectivity index (χ1n) is 10.9. The van der Waals surface area contributed by atoms with E-state index in [4.69, 9.17) is 16.6 Å². The van der Waals surface area contributed by atoms with Gasteiger partial charge in [0, 0.05) is 38.2 Å². The number of halogens is 1. The second kappa shape index (κ2) is 9.66. The number of imidazole rings is 1. The van der Waals surface area contributed by atoms with Crippen molar-refractivity contribution >= 4 is 34.4 Å². The lowest BCUT2D eigenvalue weighted by atomic mass is 10.0. The molecule has 4 rings (SSSR count).